The van der Waals surface area contributed by atoms with Crippen molar-refractivity contribution in [1.29, 1.82) is 0 Å². The van der Waals surface area contributed by atoms with E-state index in [0.717, 1.165) is 17.3 Å². The molecular formula is C15H27NOS2. The van der Waals surface area contributed by atoms with Gasteiger partial charge >= 0.3 is 0 Å². The number of hydrogen-bond acceptors (Lipinski definition) is 3. The molecule has 1 saturated heterocycles. The maximum absolute atomic E-state index is 11.5. The molecule has 0 bridgehead atoms. The number of hydrogen-bond donors (Lipinski definition) is 0. The molecule has 0 radical (unpaired) electrons. The van der Waals surface area contributed by atoms with Crippen LogP contribution in [0.25, 0.3) is 0 Å². The maximum atomic E-state index is 11.5. The van der Waals surface area contributed by atoms with E-state index in [-0.39, 0.29) is 5.91 Å². The van der Waals surface area contributed by atoms with Gasteiger partial charge in [-0.2, -0.15) is 0 Å². The predicted molar refractivity (Wildman–Crippen MR) is 88.6 cm³/mol. The molecule has 0 atom stereocenters. The summed E-state index contributed by atoms with van der Waals surface area (Å²) in [7, 11) is 0. The van der Waals surface area contributed by atoms with Crippen molar-refractivity contribution in [2.24, 2.45) is 0 Å². The average molecular weight is 302 g/mol. The molecule has 1 aliphatic heterocycles. The van der Waals surface area contributed by atoms with E-state index in [2.05, 4.69) is 6.92 Å². The summed E-state index contributed by atoms with van der Waals surface area (Å²) in [5.74, 6) is 0.752. The van der Waals surface area contributed by atoms with Crippen LogP contribution in [0.3, 0.4) is 0 Å². The first-order valence-electron chi connectivity index (χ1n) is 7.73. The Hall–Kier alpha value is -0.0900. The van der Waals surface area contributed by atoms with Crippen LogP contribution in [-0.4, -0.2) is 27.4 Å². The van der Waals surface area contributed by atoms with Crippen LogP contribution >= 0.6 is 24.0 Å². The monoisotopic (exact) mass is 301 g/mol. The van der Waals surface area contributed by atoms with E-state index in [9.17, 15) is 4.79 Å². The minimum absolute atomic E-state index is 0.200. The average Bonchev–Trinajstić information content (AvgIpc) is 2.72. The Morgan fingerprint density at radius 3 is 2.00 bits per heavy atom. The van der Waals surface area contributed by atoms with E-state index < -0.39 is 0 Å². The van der Waals surface area contributed by atoms with E-state index in [1.54, 1.807) is 4.90 Å². The van der Waals surface area contributed by atoms with Crippen LogP contribution in [0.5, 0.6) is 0 Å². The van der Waals surface area contributed by atoms with Crippen LogP contribution < -0.4 is 0 Å². The first-order valence-corrected chi connectivity index (χ1v) is 9.12. The Morgan fingerprint density at radius 1 is 1.00 bits per heavy atom. The topological polar surface area (TPSA) is 20.3 Å². The second-order valence-electron chi connectivity index (χ2n) is 5.28. The summed E-state index contributed by atoms with van der Waals surface area (Å²) in [6.07, 6.45) is 13.3. The second-order valence-corrected chi connectivity index (χ2v) is 6.89. The minimum Gasteiger partial charge on any atom is -0.297 e. The largest absolute Gasteiger partial charge is 0.297 e. The molecule has 0 spiro atoms. The zero-order valence-electron chi connectivity index (χ0n) is 12.2. The number of carbonyl (C=O) groups is 1. The van der Waals surface area contributed by atoms with E-state index >= 15 is 0 Å². The molecule has 0 N–H and O–H groups in total. The van der Waals surface area contributed by atoms with Crippen molar-refractivity contribution in [3.05, 3.63) is 0 Å². The van der Waals surface area contributed by atoms with Crippen LogP contribution in [-0.2, 0) is 4.79 Å². The molecule has 4 heteroatoms. The first-order chi connectivity index (χ1) is 9.25. The highest BCUT2D eigenvalue weighted by Gasteiger charge is 2.25. The van der Waals surface area contributed by atoms with Gasteiger partial charge in [0.1, 0.15) is 4.32 Å². The molecule has 1 aliphatic rings. The lowest BCUT2D eigenvalue weighted by Crippen LogP contribution is -2.29. The summed E-state index contributed by atoms with van der Waals surface area (Å²) < 4.78 is 0.779. The minimum atomic E-state index is 0.200. The molecule has 0 aromatic rings. The lowest BCUT2D eigenvalue weighted by Gasteiger charge is -2.14. The van der Waals surface area contributed by atoms with Crippen molar-refractivity contribution < 1.29 is 4.79 Å². The molecular weight excluding hydrogens is 274 g/mol. The molecule has 2 nitrogen and oxygen atoms in total. The Kier molecular flexibility index (Phi) is 9.52. The van der Waals surface area contributed by atoms with Gasteiger partial charge in [0.15, 0.2) is 0 Å². The van der Waals surface area contributed by atoms with Crippen molar-refractivity contribution in [2.45, 2.75) is 71.1 Å². The maximum Gasteiger partial charge on any atom is 0.238 e. The summed E-state index contributed by atoms with van der Waals surface area (Å²) in [4.78, 5) is 13.3. The predicted octanol–water partition coefficient (Wildman–Crippen LogP) is 4.77. The summed E-state index contributed by atoms with van der Waals surface area (Å²) in [5.41, 5.74) is 0. The van der Waals surface area contributed by atoms with Crippen LogP contribution in [0.15, 0.2) is 0 Å². The third-order valence-corrected chi connectivity index (χ3v) is 5.01. The van der Waals surface area contributed by atoms with Gasteiger partial charge in [0.05, 0.1) is 5.75 Å². The standard InChI is InChI=1S/C15H27NOS2/c1-2-3-4-5-6-7-8-9-10-11-12-16-14(17)13-19-15(16)18/h2-13H2,1H3. The zero-order valence-corrected chi connectivity index (χ0v) is 13.8. The summed E-state index contributed by atoms with van der Waals surface area (Å²) >= 11 is 6.66. The van der Waals surface area contributed by atoms with Gasteiger partial charge in [-0.3, -0.25) is 9.69 Å². The second kappa shape index (κ2) is 10.7. The Labute approximate surface area is 127 Å². The molecule has 0 unspecified atom stereocenters. The third kappa shape index (κ3) is 7.31. The van der Waals surface area contributed by atoms with Crippen LogP contribution in [0.4, 0.5) is 0 Å². The summed E-state index contributed by atoms with van der Waals surface area (Å²) in [5, 5.41) is 0. The third-order valence-electron chi connectivity index (χ3n) is 3.58. The number of amides is 1. The van der Waals surface area contributed by atoms with E-state index in [1.165, 1.54) is 69.5 Å². The fraction of sp³-hybridized carbons (Fsp3) is 0.867. The van der Waals surface area contributed by atoms with Crippen molar-refractivity contribution in [3.8, 4) is 0 Å². The number of nitrogens with zero attached hydrogens (tertiary/aromatic N) is 1. The van der Waals surface area contributed by atoms with E-state index in [1.807, 2.05) is 0 Å². The summed E-state index contributed by atoms with van der Waals surface area (Å²) in [6, 6.07) is 0. The molecule has 0 aromatic heterocycles. The van der Waals surface area contributed by atoms with Gasteiger partial charge < -0.3 is 0 Å². The van der Waals surface area contributed by atoms with Crippen molar-refractivity contribution >= 4 is 34.2 Å². The number of rotatable bonds is 11. The highest BCUT2D eigenvalue weighted by molar-refractivity contribution is 8.23. The van der Waals surface area contributed by atoms with Gasteiger partial charge in [-0.15, -0.1) is 0 Å². The lowest BCUT2D eigenvalue weighted by atomic mass is 10.1. The highest BCUT2D eigenvalue weighted by atomic mass is 32.2. The van der Waals surface area contributed by atoms with Crippen molar-refractivity contribution in [2.75, 3.05) is 12.3 Å². The summed E-state index contributed by atoms with van der Waals surface area (Å²) in [6.45, 7) is 3.09. The molecule has 1 rings (SSSR count). The van der Waals surface area contributed by atoms with Crippen LogP contribution in [0.1, 0.15) is 71.1 Å². The van der Waals surface area contributed by atoms with Crippen molar-refractivity contribution in [3.63, 3.8) is 0 Å². The fourth-order valence-corrected chi connectivity index (χ4v) is 3.48. The van der Waals surface area contributed by atoms with Gasteiger partial charge in [-0.1, -0.05) is 88.7 Å². The smallest absolute Gasteiger partial charge is 0.238 e. The molecule has 0 aromatic carbocycles. The molecule has 0 aliphatic carbocycles. The molecule has 0 saturated carbocycles. The molecule has 1 heterocycles. The van der Waals surface area contributed by atoms with Gasteiger partial charge in [-0.05, 0) is 6.42 Å². The number of carbonyl (C=O) groups excluding carboxylic acids is 1. The Morgan fingerprint density at radius 2 is 1.53 bits per heavy atom. The highest BCUT2D eigenvalue weighted by Crippen LogP contribution is 2.20. The normalized spacial score (nSPS) is 15.5. The molecule has 1 amide bonds. The zero-order chi connectivity index (χ0) is 13.9. The first kappa shape index (κ1) is 17.0. The Balaban J connectivity index is 1.86. The number of thiocarbonyl (C=S) groups is 1. The molecule has 1 fully saturated rings. The van der Waals surface area contributed by atoms with Gasteiger partial charge in [0, 0.05) is 6.54 Å². The fourth-order valence-electron chi connectivity index (χ4n) is 2.35. The molecule has 19 heavy (non-hydrogen) atoms. The molecule has 110 valence electrons. The van der Waals surface area contributed by atoms with E-state index in [0.29, 0.717) is 5.75 Å². The number of unbranched alkanes of at least 4 members (excludes halogenated alkanes) is 9. The SMILES string of the molecule is CCCCCCCCCCCCN1C(=O)CSC1=S. The van der Waals surface area contributed by atoms with Gasteiger partial charge in [0.2, 0.25) is 5.91 Å². The van der Waals surface area contributed by atoms with Crippen LogP contribution in [0, 0.1) is 0 Å². The quantitative estimate of drug-likeness (QED) is 0.405. The van der Waals surface area contributed by atoms with E-state index in [4.69, 9.17) is 12.2 Å². The van der Waals surface area contributed by atoms with Crippen LogP contribution in [0.2, 0.25) is 0 Å². The lowest BCUT2D eigenvalue weighted by molar-refractivity contribution is -0.124. The van der Waals surface area contributed by atoms with Gasteiger partial charge in [0.25, 0.3) is 0 Å². The van der Waals surface area contributed by atoms with Gasteiger partial charge in [-0.25, -0.2) is 0 Å². The number of thioether (sulfide) groups is 1. The van der Waals surface area contributed by atoms with Crippen molar-refractivity contribution in [1.82, 2.24) is 4.90 Å². The Bertz CT molecular complexity index is 265.